The first-order valence-electron chi connectivity index (χ1n) is 7.41. The Morgan fingerprint density at radius 2 is 2.35 bits per heavy atom. The van der Waals surface area contributed by atoms with Crippen molar-refractivity contribution in [3.63, 3.8) is 0 Å². The topological polar surface area (TPSA) is 37.4 Å². The number of hydrogen-bond donors (Lipinski definition) is 1. The fourth-order valence-electron chi connectivity index (χ4n) is 2.82. The summed E-state index contributed by atoms with van der Waals surface area (Å²) in [6.45, 7) is 1.59. The molecule has 0 spiro atoms. The average Bonchev–Trinajstić information content (AvgIpc) is 3.12. The van der Waals surface area contributed by atoms with Crippen LogP contribution in [0.15, 0.2) is 40.3 Å². The number of pyridine rings is 1. The van der Waals surface area contributed by atoms with Crippen LogP contribution in [-0.2, 0) is 4.74 Å². The molecule has 1 aliphatic rings. The molecule has 0 radical (unpaired) electrons. The molecule has 1 fully saturated rings. The van der Waals surface area contributed by atoms with E-state index in [1.807, 2.05) is 18.3 Å². The molecule has 2 atom stereocenters. The Bertz CT molecular complexity index is 664. The maximum atomic E-state index is 5.59. The van der Waals surface area contributed by atoms with E-state index < -0.39 is 0 Å². The zero-order valence-electron chi connectivity index (χ0n) is 12.7. The SMILES string of the molecule is COCCCN1C(=S)NC(c2ccccn2)C1c1cc(Br)cs1. The van der Waals surface area contributed by atoms with E-state index in [0.29, 0.717) is 0 Å². The maximum absolute atomic E-state index is 5.59. The van der Waals surface area contributed by atoms with E-state index in [9.17, 15) is 0 Å². The molecule has 0 aliphatic carbocycles. The number of rotatable bonds is 6. The van der Waals surface area contributed by atoms with E-state index >= 15 is 0 Å². The van der Waals surface area contributed by atoms with Crippen molar-refractivity contribution in [2.75, 3.05) is 20.3 Å². The molecule has 122 valence electrons. The molecule has 4 nitrogen and oxygen atoms in total. The Hall–Kier alpha value is -1.02. The quantitative estimate of drug-likeness (QED) is 0.575. The number of nitrogens with zero attached hydrogens (tertiary/aromatic N) is 2. The van der Waals surface area contributed by atoms with Crippen LogP contribution in [0.5, 0.6) is 0 Å². The van der Waals surface area contributed by atoms with Gasteiger partial charge in [0.1, 0.15) is 0 Å². The molecule has 2 unspecified atom stereocenters. The Kier molecular flexibility index (Phi) is 5.63. The molecular weight excluding hydrogens is 394 g/mol. The summed E-state index contributed by atoms with van der Waals surface area (Å²) in [5.41, 5.74) is 1.01. The third-order valence-corrected chi connectivity index (χ3v) is 5.94. The summed E-state index contributed by atoms with van der Waals surface area (Å²) >= 11 is 10.9. The fraction of sp³-hybridized carbons (Fsp3) is 0.375. The van der Waals surface area contributed by atoms with Crippen molar-refractivity contribution >= 4 is 44.6 Å². The van der Waals surface area contributed by atoms with Gasteiger partial charge in [-0.3, -0.25) is 4.98 Å². The highest BCUT2D eigenvalue weighted by Gasteiger charge is 2.40. The summed E-state index contributed by atoms with van der Waals surface area (Å²) < 4.78 is 6.29. The third kappa shape index (κ3) is 3.74. The Balaban J connectivity index is 1.91. The van der Waals surface area contributed by atoms with E-state index in [-0.39, 0.29) is 12.1 Å². The van der Waals surface area contributed by atoms with Gasteiger partial charge in [-0.1, -0.05) is 6.07 Å². The number of thiophene rings is 1. The molecule has 3 heterocycles. The van der Waals surface area contributed by atoms with Crippen molar-refractivity contribution in [3.05, 3.63) is 50.9 Å². The van der Waals surface area contributed by atoms with Gasteiger partial charge in [0.2, 0.25) is 0 Å². The van der Waals surface area contributed by atoms with Crippen molar-refractivity contribution in [2.24, 2.45) is 0 Å². The molecule has 2 aromatic heterocycles. The zero-order valence-corrected chi connectivity index (χ0v) is 16.0. The summed E-state index contributed by atoms with van der Waals surface area (Å²) in [6, 6.07) is 8.40. The second kappa shape index (κ2) is 7.70. The van der Waals surface area contributed by atoms with Crippen LogP contribution in [0.1, 0.15) is 29.1 Å². The molecule has 1 saturated heterocycles. The minimum absolute atomic E-state index is 0.0665. The van der Waals surface area contributed by atoms with Gasteiger partial charge < -0.3 is 15.0 Å². The molecule has 0 aromatic carbocycles. The number of methoxy groups -OCH3 is 1. The Labute approximate surface area is 154 Å². The van der Waals surface area contributed by atoms with Crippen LogP contribution in [0.2, 0.25) is 0 Å². The second-order valence-corrected chi connectivity index (χ2v) is 7.58. The van der Waals surface area contributed by atoms with Crippen molar-refractivity contribution in [3.8, 4) is 0 Å². The minimum Gasteiger partial charge on any atom is -0.385 e. The van der Waals surface area contributed by atoms with Crippen LogP contribution in [0.4, 0.5) is 0 Å². The molecule has 0 bridgehead atoms. The first-order valence-corrected chi connectivity index (χ1v) is 9.49. The smallest absolute Gasteiger partial charge is 0.170 e. The van der Waals surface area contributed by atoms with Crippen LogP contribution in [-0.4, -0.2) is 35.3 Å². The van der Waals surface area contributed by atoms with Gasteiger partial charge in [-0.15, -0.1) is 11.3 Å². The lowest BCUT2D eigenvalue weighted by atomic mass is 10.0. The summed E-state index contributed by atoms with van der Waals surface area (Å²) in [4.78, 5) is 8.06. The van der Waals surface area contributed by atoms with Crippen molar-refractivity contribution in [1.82, 2.24) is 15.2 Å². The maximum Gasteiger partial charge on any atom is 0.170 e. The van der Waals surface area contributed by atoms with E-state index in [4.69, 9.17) is 17.0 Å². The summed E-state index contributed by atoms with van der Waals surface area (Å²) in [6.07, 6.45) is 2.77. The molecule has 0 amide bonds. The molecule has 7 heteroatoms. The average molecular weight is 412 g/mol. The van der Waals surface area contributed by atoms with Crippen LogP contribution < -0.4 is 5.32 Å². The molecule has 1 aliphatic heterocycles. The van der Waals surface area contributed by atoms with Crippen LogP contribution in [0.3, 0.4) is 0 Å². The van der Waals surface area contributed by atoms with Gasteiger partial charge in [0, 0.05) is 41.2 Å². The molecule has 0 saturated carbocycles. The number of ether oxygens (including phenoxy) is 1. The van der Waals surface area contributed by atoms with Gasteiger partial charge in [0.25, 0.3) is 0 Å². The number of nitrogens with one attached hydrogen (secondary N) is 1. The number of hydrogen-bond acceptors (Lipinski definition) is 4. The lowest BCUT2D eigenvalue weighted by Crippen LogP contribution is -2.30. The monoisotopic (exact) mass is 411 g/mol. The minimum atomic E-state index is 0.0665. The van der Waals surface area contributed by atoms with Gasteiger partial charge in [0.05, 0.1) is 17.8 Å². The molecular formula is C16H18BrN3OS2. The fourth-order valence-corrected chi connectivity index (χ4v) is 4.74. The number of thiocarbonyl (C=S) groups is 1. The lowest BCUT2D eigenvalue weighted by molar-refractivity contribution is 0.181. The summed E-state index contributed by atoms with van der Waals surface area (Å²) in [5, 5.41) is 6.34. The molecule has 1 N–H and O–H groups in total. The normalized spacial score (nSPS) is 20.8. The van der Waals surface area contributed by atoms with E-state index in [0.717, 1.165) is 34.9 Å². The number of aromatic nitrogens is 1. The molecule has 3 rings (SSSR count). The highest BCUT2D eigenvalue weighted by molar-refractivity contribution is 9.10. The predicted octanol–water partition coefficient (Wildman–Crippen LogP) is 3.91. The molecule has 23 heavy (non-hydrogen) atoms. The lowest BCUT2D eigenvalue weighted by Gasteiger charge is -2.26. The standard InChI is InChI=1S/C16H18BrN3OS2/c1-21-8-4-7-20-15(13-9-11(17)10-23-13)14(19-16(20)22)12-5-2-3-6-18-12/h2-3,5-6,9-10,14-15H,4,7-8H2,1H3,(H,19,22). The van der Waals surface area contributed by atoms with Crippen LogP contribution in [0.25, 0.3) is 0 Å². The number of halogens is 1. The van der Waals surface area contributed by atoms with Gasteiger partial charge in [0.15, 0.2) is 5.11 Å². The van der Waals surface area contributed by atoms with Crippen LogP contribution in [0, 0.1) is 0 Å². The third-order valence-electron chi connectivity index (χ3n) is 3.82. The Morgan fingerprint density at radius 3 is 3.00 bits per heavy atom. The first kappa shape index (κ1) is 16.8. The highest BCUT2D eigenvalue weighted by Crippen LogP contribution is 2.41. The van der Waals surface area contributed by atoms with Crippen molar-refractivity contribution in [1.29, 1.82) is 0 Å². The summed E-state index contributed by atoms with van der Waals surface area (Å²) in [5.74, 6) is 0. The van der Waals surface area contributed by atoms with Gasteiger partial charge in [-0.05, 0) is 52.8 Å². The highest BCUT2D eigenvalue weighted by atomic mass is 79.9. The van der Waals surface area contributed by atoms with Crippen LogP contribution >= 0.6 is 39.5 Å². The predicted molar refractivity (Wildman–Crippen MR) is 101 cm³/mol. The second-order valence-electron chi connectivity index (χ2n) is 5.33. The van der Waals surface area contributed by atoms with Gasteiger partial charge in [-0.2, -0.15) is 0 Å². The van der Waals surface area contributed by atoms with Gasteiger partial charge in [-0.25, -0.2) is 0 Å². The largest absolute Gasteiger partial charge is 0.385 e. The van der Waals surface area contributed by atoms with E-state index in [2.05, 4.69) is 48.6 Å². The van der Waals surface area contributed by atoms with Crippen molar-refractivity contribution < 1.29 is 4.74 Å². The first-order chi connectivity index (χ1) is 11.2. The Morgan fingerprint density at radius 1 is 1.48 bits per heavy atom. The molecule has 2 aromatic rings. The summed E-state index contributed by atoms with van der Waals surface area (Å²) in [7, 11) is 1.73. The zero-order chi connectivity index (χ0) is 16.2. The van der Waals surface area contributed by atoms with Crippen molar-refractivity contribution in [2.45, 2.75) is 18.5 Å². The van der Waals surface area contributed by atoms with E-state index in [1.54, 1.807) is 18.4 Å². The van der Waals surface area contributed by atoms with E-state index in [1.165, 1.54) is 4.88 Å². The van der Waals surface area contributed by atoms with Gasteiger partial charge >= 0.3 is 0 Å².